The molecule has 6 heteroatoms. The van der Waals surface area contributed by atoms with E-state index in [-0.39, 0.29) is 18.1 Å². The SMILES string of the molecule is CCn1cc([C@H]2OCCC[C@@H]2NC(=O)c2cc[nH]c2C)cn1. The fourth-order valence-corrected chi connectivity index (χ4v) is 2.90. The number of nitrogens with one attached hydrogen (secondary N) is 2. The maximum atomic E-state index is 12.4. The summed E-state index contributed by atoms with van der Waals surface area (Å²) in [6.07, 6.45) is 7.35. The van der Waals surface area contributed by atoms with Crippen molar-refractivity contribution in [3.63, 3.8) is 0 Å². The number of aromatic amines is 1. The largest absolute Gasteiger partial charge is 0.371 e. The highest BCUT2D eigenvalue weighted by atomic mass is 16.5. The van der Waals surface area contributed by atoms with Crippen molar-refractivity contribution in [3.05, 3.63) is 41.5 Å². The van der Waals surface area contributed by atoms with Gasteiger partial charge in [0.1, 0.15) is 6.10 Å². The molecule has 2 N–H and O–H groups in total. The second kappa shape index (κ2) is 6.36. The molecule has 1 fully saturated rings. The average molecular weight is 302 g/mol. The van der Waals surface area contributed by atoms with E-state index in [2.05, 4.69) is 15.4 Å². The number of hydrogen-bond donors (Lipinski definition) is 2. The molecule has 1 aliphatic heterocycles. The van der Waals surface area contributed by atoms with Gasteiger partial charge in [0.15, 0.2) is 0 Å². The monoisotopic (exact) mass is 302 g/mol. The third-order valence-corrected chi connectivity index (χ3v) is 4.14. The molecule has 0 saturated carbocycles. The first kappa shape index (κ1) is 14.8. The lowest BCUT2D eigenvalue weighted by Crippen LogP contribution is -2.42. The van der Waals surface area contributed by atoms with Crippen LogP contribution in [0.1, 0.15) is 47.5 Å². The van der Waals surface area contributed by atoms with Crippen LogP contribution < -0.4 is 5.32 Å². The van der Waals surface area contributed by atoms with Crippen LogP contribution in [-0.4, -0.2) is 33.3 Å². The number of H-pyrrole nitrogens is 1. The smallest absolute Gasteiger partial charge is 0.253 e. The van der Waals surface area contributed by atoms with Crippen LogP contribution in [0.15, 0.2) is 24.7 Å². The Balaban J connectivity index is 1.75. The fraction of sp³-hybridized carbons (Fsp3) is 0.500. The normalized spacial score (nSPS) is 21.7. The fourth-order valence-electron chi connectivity index (χ4n) is 2.90. The van der Waals surface area contributed by atoms with E-state index in [4.69, 9.17) is 4.74 Å². The van der Waals surface area contributed by atoms with Crippen LogP contribution in [0.25, 0.3) is 0 Å². The van der Waals surface area contributed by atoms with Crippen LogP contribution in [-0.2, 0) is 11.3 Å². The topological polar surface area (TPSA) is 71.9 Å². The molecule has 1 saturated heterocycles. The maximum Gasteiger partial charge on any atom is 0.253 e. The van der Waals surface area contributed by atoms with E-state index >= 15 is 0 Å². The summed E-state index contributed by atoms with van der Waals surface area (Å²) in [7, 11) is 0. The summed E-state index contributed by atoms with van der Waals surface area (Å²) in [6, 6.07) is 1.78. The molecule has 2 aromatic heterocycles. The molecule has 0 aliphatic carbocycles. The Morgan fingerprint density at radius 3 is 3.14 bits per heavy atom. The number of rotatable bonds is 4. The van der Waals surface area contributed by atoms with Gasteiger partial charge in [0.05, 0.1) is 17.8 Å². The van der Waals surface area contributed by atoms with Gasteiger partial charge in [-0.2, -0.15) is 5.10 Å². The summed E-state index contributed by atoms with van der Waals surface area (Å²) in [5, 5.41) is 7.42. The lowest BCUT2D eigenvalue weighted by Gasteiger charge is -2.31. The number of carbonyl (C=O) groups is 1. The Morgan fingerprint density at radius 2 is 2.45 bits per heavy atom. The lowest BCUT2D eigenvalue weighted by atomic mass is 9.97. The number of amides is 1. The Labute approximate surface area is 129 Å². The second-order valence-electron chi connectivity index (χ2n) is 5.66. The number of ether oxygens (including phenoxy) is 1. The van der Waals surface area contributed by atoms with E-state index in [1.165, 1.54) is 0 Å². The predicted octanol–water partition coefficient (Wildman–Crippen LogP) is 2.19. The quantitative estimate of drug-likeness (QED) is 0.909. The van der Waals surface area contributed by atoms with Gasteiger partial charge in [0.25, 0.3) is 5.91 Å². The van der Waals surface area contributed by atoms with Gasteiger partial charge >= 0.3 is 0 Å². The van der Waals surface area contributed by atoms with Gasteiger partial charge in [-0.25, -0.2) is 0 Å². The van der Waals surface area contributed by atoms with Crippen LogP contribution in [0.3, 0.4) is 0 Å². The molecule has 6 nitrogen and oxygen atoms in total. The Hall–Kier alpha value is -2.08. The zero-order valence-corrected chi connectivity index (χ0v) is 13.0. The van der Waals surface area contributed by atoms with Crippen LogP contribution >= 0.6 is 0 Å². The highest BCUT2D eigenvalue weighted by molar-refractivity contribution is 5.95. The van der Waals surface area contributed by atoms with Crippen LogP contribution in [0.5, 0.6) is 0 Å². The number of aromatic nitrogens is 3. The van der Waals surface area contributed by atoms with Crippen molar-refractivity contribution in [2.75, 3.05) is 6.61 Å². The van der Waals surface area contributed by atoms with Gasteiger partial charge in [-0.15, -0.1) is 0 Å². The summed E-state index contributed by atoms with van der Waals surface area (Å²) in [4.78, 5) is 15.5. The molecule has 1 aliphatic rings. The van der Waals surface area contributed by atoms with Crippen molar-refractivity contribution in [1.29, 1.82) is 0 Å². The van der Waals surface area contributed by atoms with Gasteiger partial charge in [-0.1, -0.05) is 0 Å². The predicted molar refractivity (Wildman–Crippen MR) is 82.6 cm³/mol. The van der Waals surface area contributed by atoms with Gasteiger partial charge in [-0.3, -0.25) is 9.48 Å². The summed E-state index contributed by atoms with van der Waals surface area (Å²) in [6.45, 7) is 5.49. The Kier molecular flexibility index (Phi) is 4.29. The van der Waals surface area contributed by atoms with Gasteiger partial charge in [0.2, 0.25) is 0 Å². The van der Waals surface area contributed by atoms with E-state index in [1.807, 2.05) is 30.9 Å². The van der Waals surface area contributed by atoms with Crippen LogP contribution in [0, 0.1) is 6.92 Å². The minimum Gasteiger partial charge on any atom is -0.371 e. The second-order valence-corrected chi connectivity index (χ2v) is 5.66. The molecule has 0 radical (unpaired) electrons. The van der Waals surface area contributed by atoms with Gasteiger partial charge < -0.3 is 15.0 Å². The van der Waals surface area contributed by atoms with Gasteiger partial charge in [0, 0.05) is 36.8 Å². The Bertz CT molecular complexity index is 646. The maximum absolute atomic E-state index is 12.4. The highest BCUT2D eigenvalue weighted by Gasteiger charge is 2.30. The summed E-state index contributed by atoms with van der Waals surface area (Å²) < 4.78 is 7.78. The first-order valence-corrected chi connectivity index (χ1v) is 7.78. The summed E-state index contributed by atoms with van der Waals surface area (Å²) >= 11 is 0. The van der Waals surface area contributed by atoms with Gasteiger partial charge in [-0.05, 0) is 32.8 Å². The number of aryl methyl sites for hydroxylation is 2. The number of hydrogen-bond acceptors (Lipinski definition) is 3. The van der Waals surface area contributed by atoms with Crippen molar-refractivity contribution >= 4 is 5.91 Å². The zero-order chi connectivity index (χ0) is 15.5. The Morgan fingerprint density at radius 1 is 1.59 bits per heavy atom. The van der Waals surface area contributed by atoms with Crippen LogP contribution in [0.4, 0.5) is 0 Å². The molecule has 1 amide bonds. The standard InChI is InChI=1S/C16H22N4O2/c1-3-20-10-12(9-18-20)15-14(5-4-8-22-15)19-16(21)13-6-7-17-11(13)2/h6-7,9-10,14-15,17H,3-5,8H2,1-2H3,(H,19,21)/t14-,15+/m0/s1. The van der Waals surface area contributed by atoms with E-state index in [1.54, 1.807) is 12.3 Å². The molecule has 118 valence electrons. The molecule has 3 rings (SSSR count). The number of nitrogens with zero attached hydrogens (tertiary/aromatic N) is 2. The van der Waals surface area contributed by atoms with Crippen LogP contribution in [0.2, 0.25) is 0 Å². The lowest BCUT2D eigenvalue weighted by molar-refractivity contribution is -0.00951. The third-order valence-electron chi connectivity index (χ3n) is 4.14. The minimum atomic E-state index is -0.128. The van der Waals surface area contributed by atoms with Crippen molar-refractivity contribution < 1.29 is 9.53 Å². The van der Waals surface area contributed by atoms with E-state index in [0.717, 1.165) is 37.3 Å². The molecule has 3 heterocycles. The van der Waals surface area contributed by atoms with E-state index < -0.39 is 0 Å². The zero-order valence-electron chi connectivity index (χ0n) is 13.0. The molecule has 22 heavy (non-hydrogen) atoms. The van der Waals surface area contributed by atoms with Crippen molar-refractivity contribution in [1.82, 2.24) is 20.1 Å². The summed E-state index contributed by atoms with van der Waals surface area (Å²) in [5.74, 6) is -0.0536. The first-order valence-electron chi connectivity index (χ1n) is 7.78. The highest BCUT2D eigenvalue weighted by Crippen LogP contribution is 2.28. The number of carbonyl (C=O) groups excluding carboxylic acids is 1. The minimum absolute atomic E-state index is 0.0231. The molecule has 0 unspecified atom stereocenters. The van der Waals surface area contributed by atoms with Crippen molar-refractivity contribution in [2.45, 2.75) is 45.4 Å². The van der Waals surface area contributed by atoms with E-state index in [0.29, 0.717) is 5.56 Å². The summed E-state index contributed by atoms with van der Waals surface area (Å²) in [5.41, 5.74) is 2.59. The average Bonchev–Trinajstić information content (AvgIpc) is 3.16. The first-order chi connectivity index (χ1) is 10.7. The molecule has 2 aromatic rings. The molecule has 0 aromatic carbocycles. The van der Waals surface area contributed by atoms with Crippen molar-refractivity contribution in [3.8, 4) is 0 Å². The third kappa shape index (κ3) is 2.92. The molecule has 0 spiro atoms. The van der Waals surface area contributed by atoms with E-state index in [9.17, 15) is 4.79 Å². The molecular weight excluding hydrogens is 280 g/mol. The molecular formula is C16H22N4O2. The van der Waals surface area contributed by atoms with Crippen molar-refractivity contribution in [2.24, 2.45) is 0 Å². The molecule has 2 atom stereocenters. The molecule has 0 bridgehead atoms.